The number of hydrogen-bond donors (Lipinski definition) is 1. The van der Waals surface area contributed by atoms with Crippen LogP contribution in [0.4, 0.5) is 4.39 Å². The van der Waals surface area contributed by atoms with Gasteiger partial charge in [-0.2, -0.15) is 5.10 Å². The molecule has 2 aromatic rings. The largest absolute Gasteiger partial charge is 0.480 e. The monoisotopic (exact) mass is 346 g/mol. The molecule has 0 bridgehead atoms. The highest BCUT2D eigenvalue weighted by Gasteiger charge is 2.36. The van der Waals surface area contributed by atoms with Gasteiger partial charge in [-0.05, 0) is 18.2 Å². The molecule has 8 heteroatoms. The van der Waals surface area contributed by atoms with Crippen LogP contribution in [-0.4, -0.2) is 51.8 Å². The molecule has 3 heterocycles. The van der Waals surface area contributed by atoms with Gasteiger partial charge in [-0.15, -0.1) is 0 Å². The molecule has 1 aromatic heterocycles. The van der Waals surface area contributed by atoms with E-state index in [4.69, 9.17) is 9.47 Å². The molecule has 132 valence electrons. The van der Waals surface area contributed by atoms with Gasteiger partial charge >= 0.3 is 0 Å². The van der Waals surface area contributed by atoms with E-state index in [0.717, 1.165) is 17.8 Å². The Morgan fingerprint density at radius 3 is 3.16 bits per heavy atom. The van der Waals surface area contributed by atoms with Crippen LogP contribution in [0.1, 0.15) is 30.2 Å². The average molecular weight is 346 g/mol. The van der Waals surface area contributed by atoms with Crippen LogP contribution in [0.15, 0.2) is 18.2 Å². The van der Waals surface area contributed by atoms with Crippen molar-refractivity contribution in [2.75, 3.05) is 19.7 Å². The van der Waals surface area contributed by atoms with E-state index < -0.39 is 6.10 Å². The molecule has 1 saturated heterocycles. The fraction of sp³-hybridized carbons (Fsp3) is 0.471. The predicted octanol–water partition coefficient (Wildman–Crippen LogP) is 1.41. The summed E-state index contributed by atoms with van der Waals surface area (Å²) in [6.45, 7) is 3.27. The number of hydrogen-bond acceptors (Lipinski definition) is 5. The number of carbonyl (C=O) groups is 1. The smallest absolute Gasteiger partial charge is 0.264 e. The number of nitrogens with one attached hydrogen (secondary N) is 1. The van der Waals surface area contributed by atoms with E-state index in [0.29, 0.717) is 37.7 Å². The number of halogens is 1. The number of carbonyl (C=O) groups excluding carboxylic acids is 1. The maximum atomic E-state index is 13.3. The van der Waals surface area contributed by atoms with Crippen molar-refractivity contribution in [1.82, 2.24) is 20.1 Å². The molecule has 2 aliphatic heterocycles. The SMILES string of the molecule is CCc1nc(C2CN(C(=O)C3Cc4cc(F)ccc4O3)CCO2)n[nH]1. The summed E-state index contributed by atoms with van der Waals surface area (Å²) >= 11 is 0. The number of ether oxygens (including phenoxy) is 2. The van der Waals surface area contributed by atoms with Gasteiger partial charge in [0, 0.05) is 24.9 Å². The van der Waals surface area contributed by atoms with E-state index in [2.05, 4.69) is 15.2 Å². The first kappa shape index (κ1) is 16.0. The minimum Gasteiger partial charge on any atom is -0.480 e. The lowest BCUT2D eigenvalue weighted by atomic mass is 10.1. The summed E-state index contributed by atoms with van der Waals surface area (Å²) in [4.78, 5) is 18.9. The molecule has 0 spiro atoms. The van der Waals surface area contributed by atoms with Crippen molar-refractivity contribution in [3.8, 4) is 5.75 Å². The van der Waals surface area contributed by atoms with Crippen molar-refractivity contribution >= 4 is 5.91 Å². The summed E-state index contributed by atoms with van der Waals surface area (Å²) in [6, 6.07) is 4.33. The topological polar surface area (TPSA) is 80.3 Å². The number of amides is 1. The fourth-order valence-electron chi connectivity index (χ4n) is 3.18. The molecule has 25 heavy (non-hydrogen) atoms. The molecule has 0 aliphatic carbocycles. The minimum absolute atomic E-state index is 0.115. The molecule has 4 rings (SSSR count). The zero-order valence-electron chi connectivity index (χ0n) is 13.9. The number of aromatic nitrogens is 3. The zero-order valence-corrected chi connectivity index (χ0v) is 13.9. The second kappa shape index (κ2) is 6.44. The summed E-state index contributed by atoms with van der Waals surface area (Å²) in [5.74, 6) is 1.49. The van der Waals surface area contributed by atoms with Crippen LogP contribution in [0.25, 0.3) is 0 Å². The van der Waals surface area contributed by atoms with E-state index in [9.17, 15) is 9.18 Å². The molecular weight excluding hydrogens is 327 g/mol. The lowest BCUT2D eigenvalue weighted by molar-refractivity contribution is -0.146. The Labute approximate surface area is 144 Å². The number of fused-ring (bicyclic) bond motifs is 1. The fourth-order valence-corrected chi connectivity index (χ4v) is 3.18. The summed E-state index contributed by atoms with van der Waals surface area (Å²) in [6.07, 6.45) is 0.172. The minimum atomic E-state index is -0.617. The number of rotatable bonds is 3. The Balaban J connectivity index is 1.44. The Morgan fingerprint density at radius 2 is 2.36 bits per heavy atom. The number of H-pyrrole nitrogens is 1. The third-order valence-electron chi connectivity index (χ3n) is 4.52. The molecule has 0 saturated carbocycles. The third kappa shape index (κ3) is 3.09. The molecular formula is C17H19FN4O3. The first-order valence-electron chi connectivity index (χ1n) is 8.40. The zero-order chi connectivity index (χ0) is 17.4. The summed E-state index contributed by atoms with van der Waals surface area (Å²) < 4.78 is 24.7. The quantitative estimate of drug-likeness (QED) is 0.909. The standard InChI is InChI=1S/C17H19FN4O3/c1-2-15-19-16(21-20-15)14-9-22(5-6-24-14)17(23)13-8-10-7-11(18)3-4-12(10)25-13/h3-4,7,13-14H,2,5-6,8-9H2,1H3,(H,19,20,21). The molecule has 1 N–H and O–H groups in total. The molecule has 1 amide bonds. The van der Waals surface area contributed by atoms with Crippen molar-refractivity contribution < 1.29 is 18.7 Å². The van der Waals surface area contributed by atoms with Crippen LogP contribution in [0.3, 0.4) is 0 Å². The van der Waals surface area contributed by atoms with Crippen molar-refractivity contribution in [2.24, 2.45) is 0 Å². The van der Waals surface area contributed by atoms with E-state index in [1.807, 2.05) is 6.92 Å². The number of morpholine rings is 1. The van der Waals surface area contributed by atoms with Crippen LogP contribution in [0.5, 0.6) is 5.75 Å². The highest BCUT2D eigenvalue weighted by atomic mass is 19.1. The van der Waals surface area contributed by atoms with Gasteiger partial charge in [0.2, 0.25) is 0 Å². The van der Waals surface area contributed by atoms with Crippen LogP contribution in [0.2, 0.25) is 0 Å². The maximum absolute atomic E-state index is 13.3. The number of benzene rings is 1. The Morgan fingerprint density at radius 1 is 1.48 bits per heavy atom. The highest BCUT2D eigenvalue weighted by Crippen LogP contribution is 2.31. The van der Waals surface area contributed by atoms with Crippen LogP contribution in [-0.2, 0) is 22.4 Å². The number of aryl methyl sites for hydroxylation is 1. The van der Waals surface area contributed by atoms with Gasteiger partial charge < -0.3 is 14.4 Å². The normalized spacial score (nSPS) is 22.6. The Hall–Kier alpha value is -2.48. The molecule has 1 fully saturated rings. The van der Waals surface area contributed by atoms with Gasteiger partial charge in [0.15, 0.2) is 11.9 Å². The van der Waals surface area contributed by atoms with Gasteiger partial charge in [0.25, 0.3) is 5.91 Å². The van der Waals surface area contributed by atoms with E-state index >= 15 is 0 Å². The van der Waals surface area contributed by atoms with Crippen LogP contribution >= 0.6 is 0 Å². The van der Waals surface area contributed by atoms with Crippen LogP contribution < -0.4 is 4.74 Å². The second-order valence-corrected chi connectivity index (χ2v) is 6.20. The summed E-state index contributed by atoms with van der Waals surface area (Å²) in [5, 5.41) is 7.04. The molecule has 7 nitrogen and oxygen atoms in total. The molecule has 2 aliphatic rings. The highest BCUT2D eigenvalue weighted by molar-refractivity contribution is 5.82. The molecule has 2 unspecified atom stereocenters. The second-order valence-electron chi connectivity index (χ2n) is 6.20. The molecule has 1 aromatic carbocycles. The lowest BCUT2D eigenvalue weighted by Gasteiger charge is -2.32. The number of nitrogens with zero attached hydrogens (tertiary/aromatic N) is 3. The summed E-state index contributed by atoms with van der Waals surface area (Å²) in [7, 11) is 0. The average Bonchev–Trinajstić information content (AvgIpc) is 3.27. The van der Waals surface area contributed by atoms with Crippen molar-refractivity contribution in [3.63, 3.8) is 0 Å². The van der Waals surface area contributed by atoms with E-state index in [1.54, 1.807) is 11.0 Å². The van der Waals surface area contributed by atoms with Crippen LogP contribution in [0, 0.1) is 5.82 Å². The van der Waals surface area contributed by atoms with Crippen molar-refractivity contribution in [1.29, 1.82) is 0 Å². The molecule has 2 atom stereocenters. The van der Waals surface area contributed by atoms with Gasteiger partial charge in [0.05, 0.1) is 13.2 Å². The first-order valence-corrected chi connectivity index (χ1v) is 8.40. The Bertz CT molecular complexity index is 794. The lowest BCUT2D eigenvalue weighted by Crippen LogP contribution is -2.48. The van der Waals surface area contributed by atoms with Gasteiger partial charge in [0.1, 0.15) is 23.5 Å². The van der Waals surface area contributed by atoms with Gasteiger partial charge in [-0.3, -0.25) is 9.89 Å². The maximum Gasteiger partial charge on any atom is 0.264 e. The van der Waals surface area contributed by atoms with E-state index in [1.165, 1.54) is 12.1 Å². The predicted molar refractivity (Wildman–Crippen MR) is 85.6 cm³/mol. The van der Waals surface area contributed by atoms with Crippen molar-refractivity contribution in [3.05, 3.63) is 41.2 Å². The summed E-state index contributed by atoms with van der Waals surface area (Å²) in [5.41, 5.74) is 0.727. The third-order valence-corrected chi connectivity index (χ3v) is 4.52. The number of aromatic amines is 1. The van der Waals surface area contributed by atoms with Crippen molar-refractivity contribution in [2.45, 2.75) is 32.0 Å². The molecule has 0 radical (unpaired) electrons. The van der Waals surface area contributed by atoms with E-state index in [-0.39, 0.29) is 17.8 Å². The van der Waals surface area contributed by atoms with Gasteiger partial charge in [-0.25, -0.2) is 9.37 Å². The Kier molecular flexibility index (Phi) is 4.12. The first-order chi connectivity index (χ1) is 12.1. The van der Waals surface area contributed by atoms with Gasteiger partial charge in [-0.1, -0.05) is 6.92 Å².